The molecule has 4 aromatic carbocycles. The van der Waals surface area contributed by atoms with E-state index in [4.69, 9.17) is 19.9 Å². The summed E-state index contributed by atoms with van der Waals surface area (Å²) in [6.07, 6.45) is 7.75. The van der Waals surface area contributed by atoms with E-state index in [-0.39, 0.29) is 0 Å². The summed E-state index contributed by atoms with van der Waals surface area (Å²) in [7, 11) is 0. The number of rotatable bonds is 12. The third-order valence-electron chi connectivity index (χ3n) is 8.59. The second-order valence-corrected chi connectivity index (χ2v) is 11.8. The molecule has 0 fully saturated rings. The third kappa shape index (κ3) is 6.61. The molecule has 6 nitrogen and oxygen atoms in total. The predicted octanol–water partition coefficient (Wildman–Crippen LogP) is 8.67. The maximum atomic E-state index is 6.18. The van der Waals surface area contributed by atoms with Gasteiger partial charge in [0.1, 0.15) is 11.3 Å². The quantitative estimate of drug-likeness (QED) is 0.111. The molecule has 1 aliphatic heterocycles. The van der Waals surface area contributed by atoms with Crippen LogP contribution in [-0.4, -0.2) is 31.2 Å². The van der Waals surface area contributed by atoms with Crippen molar-refractivity contribution in [2.45, 2.75) is 19.4 Å². The Morgan fingerprint density at radius 3 is 2.61 bits per heavy atom. The molecule has 0 amide bonds. The SMILES string of the molecule is C=C(/C=C\c1ccccc1N)CN(CCCN(Cc1ccc2ccccc2n1)c1ccc2occc2c1)c1ccc2c(c1)CCO2. The molecule has 2 aromatic heterocycles. The zero-order chi connectivity index (χ0) is 31.3. The highest BCUT2D eigenvalue weighted by Gasteiger charge is 2.17. The van der Waals surface area contributed by atoms with Gasteiger partial charge in [0.15, 0.2) is 0 Å². The Hall–Kier alpha value is -5.49. The lowest BCUT2D eigenvalue weighted by Crippen LogP contribution is -2.31. The topological polar surface area (TPSA) is 67.8 Å². The maximum Gasteiger partial charge on any atom is 0.133 e. The van der Waals surface area contributed by atoms with Crippen LogP contribution in [-0.2, 0) is 13.0 Å². The molecule has 0 aliphatic carbocycles. The molecule has 1 aliphatic rings. The van der Waals surface area contributed by atoms with E-state index in [1.807, 2.05) is 36.4 Å². The van der Waals surface area contributed by atoms with Crippen LogP contribution in [0.1, 0.15) is 23.2 Å². The van der Waals surface area contributed by atoms with Crippen LogP contribution in [0.5, 0.6) is 5.75 Å². The van der Waals surface area contributed by atoms with Gasteiger partial charge in [0, 0.05) is 53.9 Å². The monoisotopic (exact) mass is 606 g/mol. The number of hydrogen-bond acceptors (Lipinski definition) is 6. The molecule has 0 radical (unpaired) electrons. The van der Waals surface area contributed by atoms with E-state index >= 15 is 0 Å². The van der Waals surface area contributed by atoms with Gasteiger partial charge in [0.25, 0.3) is 0 Å². The number of anilines is 3. The number of benzene rings is 4. The lowest BCUT2D eigenvalue weighted by atomic mass is 10.1. The highest BCUT2D eigenvalue weighted by molar-refractivity contribution is 5.81. The molecule has 0 unspecified atom stereocenters. The van der Waals surface area contributed by atoms with Gasteiger partial charge in [-0.2, -0.15) is 0 Å². The van der Waals surface area contributed by atoms with Gasteiger partial charge in [-0.1, -0.05) is 61.2 Å². The largest absolute Gasteiger partial charge is 0.493 e. The van der Waals surface area contributed by atoms with Crippen LogP contribution in [0.4, 0.5) is 17.1 Å². The summed E-state index contributed by atoms with van der Waals surface area (Å²) in [6, 6.07) is 35.5. The number of para-hydroxylation sites is 2. The van der Waals surface area contributed by atoms with E-state index in [9.17, 15) is 0 Å². The number of nitrogens with zero attached hydrogens (tertiary/aromatic N) is 3. The molecule has 0 saturated carbocycles. The summed E-state index contributed by atoms with van der Waals surface area (Å²) < 4.78 is 11.4. The first-order valence-corrected chi connectivity index (χ1v) is 15.9. The molecule has 230 valence electrons. The van der Waals surface area contributed by atoms with Crippen molar-refractivity contribution in [3.63, 3.8) is 0 Å². The van der Waals surface area contributed by atoms with Crippen LogP contribution < -0.4 is 20.3 Å². The van der Waals surface area contributed by atoms with Crippen LogP contribution >= 0.6 is 0 Å². The number of ether oxygens (including phenoxy) is 1. The molecule has 0 bridgehead atoms. The second kappa shape index (κ2) is 13.2. The standard InChI is InChI=1S/C40H38N4O2/c1-29(11-12-30-7-2-4-9-37(30)41)27-43(35-15-17-39-32(25-35)19-23-45-39)21-6-22-44(36-16-18-40-33(26-36)20-24-46-40)28-34-14-13-31-8-3-5-10-38(31)42-34/h2-5,7-18,20,24-26H,1,6,19,21-23,27-28,41H2/b12-11-. The van der Waals surface area contributed by atoms with Gasteiger partial charge in [0.2, 0.25) is 0 Å². The molecule has 46 heavy (non-hydrogen) atoms. The highest BCUT2D eigenvalue weighted by atomic mass is 16.5. The zero-order valence-corrected chi connectivity index (χ0v) is 25.9. The second-order valence-electron chi connectivity index (χ2n) is 11.8. The number of aromatic nitrogens is 1. The number of nitrogen functional groups attached to an aromatic ring is 1. The summed E-state index contributed by atoms with van der Waals surface area (Å²) in [5.74, 6) is 0.991. The van der Waals surface area contributed by atoms with Crippen LogP contribution in [0.25, 0.3) is 27.9 Å². The van der Waals surface area contributed by atoms with Crippen LogP contribution in [0.3, 0.4) is 0 Å². The third-order valence-corrected chi connectivity index (χ3v) is 8.59. The van der Waals surface area contributed by atoms with Gasteiger partial charge < -0.3 is 24.7 Å². The Labute approximate surface area is 270 Å². The van der Waals surface area contributed by atoms with E-state index in [2.05, 4.69) is 95.3 Å². The summed E-state index contributed by atoms with van der Waals surface area (Å²) in [5, 5.41) is 2.25. The Kier molecular flexibility index (Phi) is 8.42. The van der Waals surface area contributed by atoms with Crippen molar-refractivity contribution in [1.29, 1.82) is 0 Å². The van der Waals surface area contributed by atoms with Crippen molar-refractivity contribution in [3.8, 4) is 5.75 Å². The molecule has 3 heterocycles. The predicted molar refractivity (Wildman–Crippen MR) is 191 cm³/mol. The first-order valence-electron chi connectivity index (χ1n) is 15.9. The van der Waals surface area contributed by atoms with Crippen molar-refractivity contribution in [2.75, 3.05) is 41.8 Å². The van der Waals surface area contributed by atoms with E-state index < -0.39 is 0 Å². The Morgan fingerprint density at radius 1 is 0.848 bits per heavy atom. The van der Waals surface area contributed by atoms with Gasteiger partial charge in [-0.15, -0.1) is 0 Å². The van der Waals surface area contributed by atoms with E-state index in [1.54, 1.807) is 6.26 Å². The first kappa shape index (κ1) is 29.2. The summed E-state index contributed by atoms with van der Waals surface area (Å²) in [6.45, 7) is 8.27. The van der Waals surface area contributed by atoms with E-state index in [1.165, 1.54) is 11.3 Å². The highest BCUT2D eigenvalue weighted by Crippen LogP contribution is 2.31. The molecule has 6 heteroatoms. The molecule has 7 rings (SSSR count). The zero-order valence-electron chi connectivity index (χ0n) is 25.9. The fourth-order valence-corrected chi connectivity index (χ4v) is 6.13. The van der Waals surface area contributed by atoms with E-state index in [0.29, 0.717) is 13.1 Å². The smallest absolute Gasteiger partial charge is 0.133 e. The van der Waals surface area contributed by atoms with Crippen LogP contribution in [0.2, 0.25) is 0 Å². The lowest BCUT2D eigenvalue weighted by molar-refractivity contribution is 0.357. The minimum Gasteiger partial charge on any atom is -0.493 e. The molecular formula is C40H38N4O2. The van der Waals surface area contributed by atoms with Gasteiger partial charge in [-0.05, 0) is 83.8 Å². The molecule has 0 spiro atoms. The number of pyridine rings is 1. The van der Waals surface area contributed by atoms with Crippen molar-refractivity contribution < 1.29 is 9.15 Å². The van der Waals surface area contributed by atoms with E-state index in [0.717, 1.165) is 88.4 Å². The van der Waals surface area contributed by atoms with Crippen molar-refractivity contribution >= 4 is 45.0 Å². The summed E-state index contributed by atoms with van der Waals surface area (Å²) in [5.41, 5.74) is 15.5. The Morgan fingerprint density at radius 2 is 1.67 bits per heavy atom. The minimum atomic E-state index is 0.704. The normalized spacial score (nSPS) is 12.4. The Bertz CT molecular complexity index is 2030. The number of hydrogen-bond donors (Lipinski definition) is 1. The van der Waals surface area contributed by atoms with Gasteiger partial charge in [-0.3, -0.25) is 4.98 Å². The van der Waals surface area contributed by atoms with Gasteiger partial charge in [-0.25, -0.2) is 0 Å². The lowest BCUT2D eigenvalue weighted by Gasteiger charge is -2.29. The molecule has 0 atom stereocenters. The summed E-state index contributed by atoms with van der Waals surface area (Å²) in [4.78, 5) is 9.84. The van der Waals surface area contributed by atoms with Crippen LogP contribution in [0, 0.1) is 0 Å². The van der Waals surface area contributed by atoms with Crippen molar-refractivity contribution in [3.05, 3.63) is 144 Å². The number of fused-ring (bicyclic) bond motifs is 3. The number of nitrogens with two attached hydrogens (primary N) is 1. The Balaban J connectivity index is 1.12. The molecule has 6 aromatic rings. The van der Waals surface area contributed by atoms with Gasteiger partial charge in [0.05, 0.1) is 30.6 Å². The number of furan rings is 1. The fourth-order valence-electron chi connectivity index (χ4n) is 6.13. The fraction of sp³-hybridized carbons (Fsp3) is 0.175. The van der Waals surface area contributed by atoms with Gasteiger partial charge >= 0.3 is 0 Å². The molecular weight excluding hydrogens is 568 g/mol. The molecule has 0 saturated heterocycles. The van der Waals surface area contributed by atoms with Crippen molar-refractivity contribution in [2.24, 2.45) is 0 Å². The average Bonchev–Trinajstić information content (AvgIpc) is 3.76. The minimum absolute atomic E-state index is 0.704. The molecule has 2 N–H and O–H groups in total. The average molecular weight is 607 g/mol. The van der Waals surface area contributed by atoms with Crippen molar-refractivity contribution in [1.82, 2.24) is 4.98 Å². The maximum absolute atomic E-state index is 6.18. The van der Waals surface area contributed by atoms with Crippen LogP contribution in [0.15, 0.2) is 132 Å². The first-order chi connectivity index (χ1) is 22.6. The summed E-state index contributed by atoms with van der Waals surface area (Å²) >= 11 is 0.